The molecular weight excluding hydrogens is 272 g/mol. The molecule has 108 valence electrons. The fourth-order valence-electron chi connectivity index (χ4n) is 2.49. The van der Waals surface area contributed by atoms with E-state index >= 15 is 0 Å². The van der Waals surface area contributed by atoms with Crippen molar-refractivity contribution >= 4 is 17.6 Å². The van der Waals surface area contributed by atoms with E-state index in [0.717, 1.165) is 11.3 Å². The number of amides is 1. The van der Waals surface area contributed by atoms with Crippen LogP contribution in [0.3, 0.4) is 0 Å². The van der Waals surface area contributed by atoms with Crippen LogP contribution in [0.5, 0.6) is 0 Å². The number of nitrogens with zero attached hydrogens (tertiary/aromatic N) is 4. The van der Waals surface area contributed by atoms with E-state index in [2.05, 4.69) is 10.1 Å². The van der Waals surface area contributed by atoms with Crippen molar-refractivity contribution in [3.8, 4) is 0 Å². The van der Waals surface area contributed by atoms with E-state index in [-0.39, 0.29) is 11.5 Å². The fraction of sp³-hybridized carbons (Fsp3) is 0.286. The van der Waals surface area contributed by atoms with Gasteiger partial charge in [0.1, 0.15) is 12.7 Å². The van der Waals surface area contributed by atoms with Crippen LogP contribution in [0.15, 0.2) is 30.9 Å². The molecule has 0 spiro atoms. The van der Waals surface area contributed by atoms with Crippen LogP contribution in [-0.4, -0.2) is 38.3 Å². The Morgan fingerprint density at radius 3 is 2.90 bits per heavy atom. The van der Waals surface area contributed by atoms with E-state index in [9.17, 15) is 9.59 Å². The highest BCUT2D eigenvalue weighted by Gasteiger charge is 2.25. The molecule has 0 unspecified atom stereocenters. The van der Waals surface area contributed by atoms with Crippen molar-refractivity contribution in [1.82, 2.24) is 14.8 Å². The van der Waals surface area contributed by atoms with Crippen molar-refractivity contribution in [3.05, 3.63) is 42.0 Å². The van der Waals surface area contributed by atoms with Crippen molar-refractivity contribution in [2.75, 3.05) is 11.4 Å². The summed E-state index contributed by atoms with van der Waals surface area (Å²) in [5, 5.41) is 12.9. The molecule has 7 heteroatoms. The smallest absolute Gasteiger partial charge is 0.335 e. The number of aromatic nitrogens is 3. The third-order valence-electron chi connectivity index (χ3n) is 3.54. The van der Waals surface area contributed by atoms with E-state index in [1.165, 1.54) is 12.4 Å². The van der Waals surface area contributed by atoms with Crippen LogP contribution in [-0.2, 0) is 17.8 Å². The second-order valence-corrected chi connectivity index (χ2v) is 4.85. The Labute approximate surface area is 120 Å². The van der Waals surface area contributed by atoms with Gasteiger partial charge in [0.15, 0.2) is 0 Å². The predicted molar refractivity (Wildman–Crippen MR) is 74.1 cm³/mol. The van der Waals surface area contributed by atoms with Gasteiger partial charge in [0.05, 0.1) is 12.1 Å². The molecule has 1 aliphatic heterocycles. The quantitative estimate of drug-likeness (QED) is 0.904. The van der Waals surface area contributed by atoms with Crippen LogP contribution < -0.4 is 4.90 Å². The summed E-state index contributed by atoms with van der Waals surface area (Å²) in [5.41, 5.74) is 1.97. The van der Waals surface area contributed by atoms with E-state index < -0.39 is 5.97 Å². The molecule has 1 aromatic carbocycles. The van der Waals surface area contributed by atoms with Gasteiger partial charge < -0.3 is 10.0 Å². The lowest BCUT2D eigenvalue weighted by Crippen LogP contribution is -2.29. The van der Waals surface area contributed by atoms with Crippen molar-refractivity contribution < 1.29 is 14.7 Å². The van der Waals surface area contributed by atoms with Crippen molar-refractivity contribution in [2.45, 2.75) is 19.4 Å². The average Bonchev–Trinajstić information content (AvgIpc) is 3.13. The van der Waals surface area contributed by atoms with Crippen molar-refractivity contribution in [3.63, 3.8) is 0 Å². The summed E-state index contributed by atoms with van der Waals surface area (Å²) in [7, 11) is 0. The number of aryl methyl sites for hydroxylation is 1. The maximum atomic E-state index is 12.3. The first-order chi connectivity index (χ1) is 10.1. The van der Waals surface area contributed by atoms with E-state index in [1.54, 1.807) is 28.0 Å². The van der Waals surface area contributed by atoms with Crippen LogP contribution in [0.1, 0.15) is 22.3 Å². The molecule has 0 fully saturated rings. The Balaban J connectivity index is 1.71. The van der Waals surface area contributed by atoms with Crippen molar-refractivity contribution in [2.24, 2.45) is 0 Å². The molecule has 0 saturated heterocycles. The van der Waals surface area contributed by atoms with Gasteiger partial charge in [-0.2, -0.15) is 5.10 Å². The number of carbonyl (C=O) groups is 2. The van der Waals surface area contributed by atoms with Gasteiger partial charge in [-0.15, -0.1) is 0 Å². The lowest BCUT2D eigenvalue weighted by Gasteiger charge is -2.17. The van der Waals surface area contributed by atoms with Gasteiger partial charge in [0.25, 0.3) is 0 Å². The summed E-state index contributed by atoms with van der Waals surface area (Å²) in [5.74, 6) is -0.943. The van der Waals surface area contributed by atoms with Crippen LogP contribution in [0.4, 0.5) is 5.69 Å². The zero-order valence-electron chi connectivity index (χ0n) is 11.3. The number of anilines is 1. The number of hydrogen-bond donors (Lipinski definition) is 1. The molecule has 2 aromatic rings. The normalized spacial score (nSPS) is 13.2. The summed E-state index contributed by atoms with van der Waals surface area (Å²) >= 11 is 0. The van der Waals surface area contributed by atoms with Crippen LogP contribution in [0.2, 0.25) is 0 Å². The van der Waals surface area contributed by atoms with Crippen LogP contribution in [0, 0.1) is 0 Å². The number of aromatic carboxylic acids is 1. The number of fused-ring (bicyclic) bond motifs is 1. The molecule has 0 saturated carbocycles. The SMILES string of the molecule is O=C(O)c1ccc2c(c1)CCN2C(=O)CCn1cncn1. The number of rotatable bonds is 4. The highest BCUT2D eigenvalue weighted by molar-refractivity contribution is 5.96. The van der Waals surface area contributed by atoms with Gasteiger partial charge in [0, 0.05) is 18.7 Å². The average molecular weight is 286 g/mol. The summed E-state index contributed by atoms with van der Waals surface area (Å²) < 4.78 is 1.61. The van der Waals surface area contributed by atoms with Gasteiger partial charge in [0.2, 0.25) is 5.91 Å². The standard InChI is InChI=1S/C14H14N4O3/c19-13(4-5-17-9-15-8-16-17)18-6-3-10-7-11(14(20)21)1-2-12(10)18/h1-2,7-9H,3-6H2,(H,20,21). The number of benzene rings is 1. The maximum absolute atomic E-state index is 12.3. The first-order valence-electron chi connectivity index (χ1n) is 6.64. The largest absolute Gasteiger partial charge is 0.478 e. The van der Waals surface area contributed by atoms with Gasteiger partial charge >= 0.3 is 5.97 Å². The second-order valence-electron chi connectivity index (χ2n) is 4.85. The van der Waals surface area contributed by atoms with E-state index in [0.29, 0.717) is 25.9 Å². The van der Waals surface area contributed by atoms with E-state index in [4.69, 9.17) is 5.11 Å². The molecule has 0 atom stereocenters. The zero-order valence-corrected chi connectivity index (χ0v) is 11.3. The Kier molecular flexibility index (Phi) is 3.39. The summed E-state index contributed by atoms with van der Waals surface area (Å²) in [6.07, 6.45) is 4.03. The molecule has 1 N–H and O–H groups in total. The predicted octanol–water partition coefficient (Wildman–Crippen LogP) is 0.956. The first kappa shape index (κ1) is 13.3. The van der Waals surface area contributed by atoms with Crippen LogP contribution >= 0.6 is 0 Å². The van der Waals surface area contributed by atoms with Gasteiger partial charge in [-0.1, -0.05) is 0 Å². The van der Waals surface area contributed by atoms with Gasteiger partial charge in [-0.05, 0) is 30.2 Å². The van der Waals surface area contributed by atoms with Crippen LogP contribution in [0.25, 0.3) is 0 Å². The lowest BCUT2D eigenvalue weighted by molar-refractivity contribution is -0.118. The zero-order chi connectivity index (χ0) is 14.8. The third kappa shape index (κ3) is 2.62. The fourth-order valence-corrected chi connectivity index (χ4v) is 2.49. The minimum atomic E-state index is -0.950. The highest BCUT2D eigenvalue weighted by atomic mass is 16.4. The maximum Gasteiger partial charge on any atom is 0.335 e. The first-order valence-corrected chi connectivity index (χ1v) is 6.64. The molecule has 1 aromatic heterocycles. The molecule has 0 bridgehead atoms. The topological polar surface area (TPSA) is 88.3 Å². The minimum Gasteiger partial charge on any atom is -0.478 e. The van der Waals surface area contributed by atoms with Crippen molar-refractivity contribution in [1.29, 1.82) is 0 Å². The number of carboxylic acid groups (broad SMARTS) is 1. The molecule has 3 rings (SSSR count). The summed E-state index contributed by atoms with van der Waals surface area (Å²) in [6.45, 7) is 1.08. The number of hydrogen-bond acceptors (Lipinski definition) is 4. The second kappa shape index (κ2) is 5.35. The molecule has 1 amide bonds. The Bertz CT molecular complexity index is 682. The summed E-state index contributed by atoms with van der Waals surface area (Å²) in [6, 6.07) is 4.88. The molecule has 1 aliphatic rings. The highest BCUT2D eigenvalue weighted by Crippen LogP contribution is 2.29. The molecular formula is C14H14N4O3. The van der Waals surface area contributed by atoms with Gasteiger partial charge in [-0.3, -0.25) is 9.48 Å². The number of carbonyl (C=O) groups excluding carboxylic acids is 1. The molecule has 21 heavy (non-hydrogen) atoms. The van der Waals surface area contributed by atoms with E-state index in [1.807, 2.05) is 0 Å². The molecule has 0 aliphatic carbocycles. The lowest BCUT2D eigenvalue weighted by atomic mass is 10.1. The third-order valence-corrected chi connectivity index (χ3v) is 3.54. The number of carboxylic acids is 1. The molecule has 7 nitrogen and oxygen atoms in total. The van der Waals surface area contributed by atoms with Gasteiger partial charge in [-0.25, -0.2) is 9.78 Å². The Morgan fingerprint density at radius 2 is 2.19 bits per heavy atom. The summed E-state index contributed by atoms with van der Waals surface area (Å²) in [4.78, 5) is 28.8. The Morgan fingerprint density at radius 1 is 1.33 bits per heavy atom. The minimum absolute atomic E-state index is 0.00678. The molecule has 2 heterocycles. The monoisotopic (exact) mass is 286 g/mol. The Hall–Kier alpha value is -2.70. The molecule has 0 radical (unpaired) electrons.